The SMILES string of the molecule is Cc1nc(CC(C)N)c2cccc(C(F)(F)F)c2n1. The molecule has 0 amide bonds. The average Bonchev–Trinajstić information content (AvgIpc) is 2.25. The highest BCUT2D eigenvalue weighted by atomic mass is 19.4. The fraction of sp³-hybridized carbons (Fsp3) is 0.385. The van der Waals surface area contributed by atoms with E-state index in [9.17, 15) is 13.2 Å². The molecule has 3 nitrogen and oxygen atoms in total. The average molecular weight is 269 g/mol. The van der Waals surface area contributed by atoms with Crippen LogP contribution in [0.25, 0.3) is 10.9 Å². The topological polar surface area (TPSA) is 51.8 Å². The molecule has 1 aromatic heterocycles. The Labute approximate surface area is 108 Å². The third-order valence-corrected chi connectivity index (χ3v) is 2.74. The van der Waals surface area contributed by atoms with Crippen molar-refractivity contribution in [2.45, 2.75) is 32.5 Å². The van der Waals surface area contributed by atoms with Gasteiger partial charge in [-0.3, -0.25) is 0 Å². The second-order valence-corrected chi connectivity index (χ2v) is 4.60. The molecule has 0 saturated carbocycles. The number of nitrogens with two attached hydrogens (primary N) is 1. The lowest BCUT2D eigenvalue weighted by atomic mass is 10.0. The summed E-state index contributed by atoms with van der Waals surface area (Å²) in [6.45, 7) is 3.37. The second-order valence-electron chi connectivity index (χ2n) is 4.60. The Kier molecular flexibility index (Phi) is 3.45. The summed E-state index contributed by atoms with van der Waals surface area (Å²) < 4.78 is 38.9. The molecule has 0 spiro atoms. The molecule has 0 aliphatic carbocycles. The number of fused-ring (bicyclic) bond motifs is 1. The van der Waals surface area contributed by atoms with Crippen molar-refractivity contribution in [3.05, 3.63) is 35.3 Å². The lowest BCUT2D eigenvalue weighted by Gasteiger charge is -2.13. The van der Waals surface area contributed by atoms with Crippen molar-refractivity contribution in [2.75, 3.05) is 0 Å². The van der Waals surface area contributed by atoms with Gasteiger partial charge in [0.25, 0.3) is 0 Å². The Morgan fingerprint density at radius 2 is 1.95 bits per heavy atom. The van der Waals surface area contributed by atoms with E-state index in [4.69, 9.17) is 5.73 Å². The van der Waals surface area contributed by atoms with Crippen molar-refractivity contribution < 1.29 is 13.2 Å². The van der Waals surface area contributed by atoms with Crippen LogP contribution in [-0.4, -0.2) is 16.0 Å². The molecule has 19 heavy (non-hydrogen) atoms. The summed E-state index contributed by atoms with van der Waals surface area (Å²) in [7, 11) is 0. The van der Waals surface area contributed by atoms with E-state index < -0.39 is 11.7 Å². The largest absolute Gasteiger partial charge is 0.418 e. The molecular formula is C13H14F3N3. The normalized spacial score (nSPS) is 13.8. The summed E-state index contributed by atoms with van der Waals surface area (Å²) >= 11 is 0. The monoisotopic (exact) mass is 269 g/mol. The van der Waals surface area contributed by atoms with Gasteiger partial charge in [-0.1, -0.05) is 12.1 Å². The molecule has 6 heteroatoms. The Morgan fingerprint density at radius 3 is 2.53 bits per heavy atom. The van der Waals surface area contributed by atoms with Crippen LogP contribution in [0, 0.1) is 6.92 Å². The summed E-state index contributed by atoms with van der Waals surface area (Å²) in [5.74, 6) is 0.319. The maximum Gasteiger partial charge on any atom is 0.418 e. The molecule has 1 unspecified atom stereocenters. The van der Waals surface area contributed by atoms with Crippen molar-refractivity contribution in [3.8, 4) is 0 Å². The van der Waals surface area contributed by atoms with E-state index in [1.165, 1.54) is 6.07 Å². The van der Waals surface area contributed by atoms with Gasteiger partial charge in [-0.2, -0.15) is 13.2 Å². The Balaban J connectivity index is 2.74. The summed E-state index contributed by atoms with van der Waals surface area (Å²) in [5.41, 5.74) is 5.47. The van der Waals surface area contributed by atoms with Crippen molar-refractivity contribution in [2.24, 2.45) is 5.73 Å². The Morgan fingerprint density at radius 1 is 1.26 bits per heavy atom. The van der Waals surface area contributed by atoms with E-state index in [0.29, 0.717) is 23.3 Å². The van der Waals surface area contributed by atoms with Crippen molar-refractivity contribution >= 4 is 10.9 Å². The van der Waals surface area contributed by atoms with Gasteiger partial charge in [0.2, 0.25) is 0 Å². The first kappa shape index (κ1) is 13.7. The van der Waals surface area contributed by atoms with Gasteiger partial charge in [-0.15, -0.1) is 0 Å². The first-order chi connectivity index (χ1) is 8.79. The maximum absolute atomic E-state index is 13.0. The Hall–Kier alpha value is -1.69. The van der Waals surface area contributed by atoms with Gasteiger partial charge in [-0.05, 0) is 19.9 Å². The maximum atomic E-state index is 13.0. The zero-order chi connectivity index (χ0) is 14.2. The van der Waals surface area contributed by atoms with Crippen LogP contribution in [0.3, 0.4) is 0 Å². The summed E-state index contributed by atoms with van der Waals surface area (Å²) in [6.07, 6.45) is -4.01. The first-order valence-electron chi connectivity index (χ1n) is 5.88. The number of nitrogens with zero attached hydrogens (tertiary/aromatic N) is 2. The molecule has 0 bridgehead atoms. The van der Waals surface area contributed by atoms with Gasteiger partial charge in [0.05, 0.1) is 16.8 Å². The molecule has 0 aliphatic heterocycles. The zero-order valence-corrected chi connectivity index (χ0v) is 10.6. The number of rotatable bonds is 2. The predicted molar refractivity (Wildman–Crippen MR) is 66.6 cm³/mol. The number of hydrogen-bond donors (Lipinski definition) is 1. The third kappa shape index (κ3) is 2.84. The van der Waals surface area contributed by atoms with Crippen LogP contribution in [-0.2, 0) is 12.6 Å². The number of aromatic nitrogens is 2. The first-order valence-corrected chi connectivity index (χ1v) is 5.88. The molecule has 0 fully saturated rings. The number of halogens is 3. The molecule has 0 aliphatic rings. The minimum atomic E-state index is -4.42. The molecule has 2 N–H and O–H groups in total. The minimum Gasteiger partial charge on any atom is -0.328 e. The smallest absolute Gasteiger partial charge is 0.328 e. The number of benzene rings is 1. The van der Waals surface area contributed by atoms with Gasteiger partial charge in [0.1, 0.15) is 5.82 Å². The number of aryl methyl sites for hydroxylation is 1. The van der Waals surface area contributed by atoms with Gasteiger partial charge >= 0.3 is 6.18 Å². The molecule has 1 heterocycles. The molecule has 102 valence electrons. The van der Waals surface area contributed by atoms with Gasteiger partial charge < -0.3 is 5.73 Å². The van der Waals surface area contributed by atoms with Gasteiger partial charge in [0, 0.05) is 17.8 Å². The standard InChI is InChI=1S/C13H14F3N3/c1-7(17)6-11-9-4-3-5-10(13(14,15)16)12(9)19-8(2)18-11/h3-5,7H,6,17H2,1-2H3. The van der Waals surface area contributed by atoms with Crippen LogP contribution in [0.15, 0.2) is 18.2 Å². The summed E-state index contributed by atoms with van der Waals surface area (Å²) in [4.78, 5) is 8.14. The fourth-order valence-electron chi connectivity index (χ4n) is 2.03. The Bertz CT molecular complexity index is 606. The summed E-state index contributed by atoms with van der Waals surface area (Å²) in [6, 6.07) is 3.83. The van der Waals surface area contributed by atoms with Crippen molar-refractivity contribution in [1.82, 2.24) is 9.97 Å². The lowest BCUT2D eigenvalue weighted by molar-refractivity contribution is -0.136. The highest BCUT2D eigenvalue weighted by Crippen LogP contribution is 2.34. The van der Waals surface area contributed by atoms with E-state index in [1.54, 1.807) is 19.9 Å². The zero-order valence-electron chi connectivity index (χ0n) is 10.6. The van der Waals surface area contributed by atoms with E-state index in [0.717, 1.165) is 6.07 Å². The van der Waals surface area contributed by atoms with Crippen molar-refractivity contribution in [1.29, 1.82) is 0 Å². The highest BCUT2D eigenvalue weighted by Gasteiger charge is 2.33. The van der Waals surface area contributed by atoms with Crippen LogP contribution in [0.1, 0.15) is 24.0 Å². The van der Waals surface area contributed by atoms with Crippen LogP contribution in [0.4, 0.5) is 13.2 Å². The highest BCUT2D eigenvalue weighted by molar-refractivity contribution is 5.84. The molecule has 0 radical (unpaired) electrons. The van der Waals surface area contributed by atoms with E-state index in [2.05, 4.69) is 9.97 Å². The van der Waals surface area contributed by atoms with Crippen LogP contribution in [0.2, 0.25) is 0 Å². The van der Waals surface area contributed by atoms with Crippen molar-refractivity contribution in [3.63, 3.8) is 0 Å². The molecule has 2 aromatic rings. The van der Waals surface area contributed by atoms with E-state index in [1.807, 2.05) is 0 Å². The third-order valence-electron chi connectivity index (χ3n) is 2.74. The van der Waals surface area contributed by atoms with Crippen LogP contribution in [0.5, 0.6) is 0 Å². The molecule has 1 aromatic carbocycles. The fourth-order valence-corrected chi connectivity index (χ4v) is 2.03. The number of hydrogen-bond acceptors (Lipinski definition) is 3. The van der Waals surface area contributed by atoms with Gasteiger partial charge in [-0.25, -0.2) is 9.97 Å². The molecule has 0 saturated heterocycles. The second kappa shape index (κ2) is 4.77. The number of para-hydroxylation sites is 1. The minimum absolute atomic E-state index is 0.0573. The molecular weight excluding hydrogens is 255 g/mol. The van der Waals surface area contributed by atoms with E-state index >= 15 is 0 Å². The molecule has 1 atom stereocenters. The predicted octanol–water partition coefficient (Wildman–Crippen LogP) is 2.85. The summed E-state index contributed by atoms with van der Waals surface area (Å²) in [5, 5.41) is 0.415. The van der Waals surface area contributed by atoms with Crippen LogP contribution < -0.4 is 5.73 Å². The quantitative estimate of drug-likeness (QED) is 0.912. The van der Waals surface area contributed by atoms with Gasteiger partial charge in [0.15, 0.2) is 0 Å². The lowest BCUT2D eigenvalue weighted by Crippen LogP contribution is -2.19. The molecule has 2 rings (SSSR count). The van der Waals surface area contributed by atoms with E-state index in [-0.39, 0.29) is 11.6 Å². The van der Waals surface area contributed by atoms with Crippen LogP contribution >= 0.6 is 0 Å². The number of alkyl halides is 3.